The lowest BCUT2D eigenvalue weighted by Gasteiger charge is -2.29. The van der Waals surface area contributed by atoms with Gasteiger partial charge >= 0.3 is 0 Å². The van der Waals surface area contributed by atoms with Crippen molar-refractivity contribution >= 4 is 40.6 Å². The van der Waals surface area contributed by atoms with E-state index in [0.29, 0.717) is 65.1 Å². The SMILES string of the molecule is COc1c(Nc2cc(NC(=O)C3CC3)nn3ccnc23)cccc1-c1ccc2c(c1)CCN(Cc1cccc(C(=O)N(C)C)n1)C2=O. The van der Waals surface area contributed by atoms with E-state index in [2.05, 4.69) is 25.7 Å². The van der Waals surface area contributed by atoms with Gasteiger partial charge in [-0.05, 0) is 54.7 Å². The molecule has 7 rings (SSSR count). The number of para-hydroxylation sites is 1. The van der Waals surface area contributed by atoms with E-state index in [9.17, 15) is 14.4 Å². The van der Waals surface area contributed by atoms with Crippen LogP contribution in [0.25, 0.3) is 16.8 Å². The maximum absolute atomic E-state index is 13.5. The normalized spacial score (nSPS) is 14.1. The molecule has 4 heterocycles. The number of ether oxygens (including phenoxy) is 1. The van der Waals surface area contributed by atoms with Gasteiger partial charge in [-0.15, -0.1) is 5.10 Å². The van der Waals surface area contributed by atoms with Gasteiger partial charge in [-0.2, -0.15) is 0 Å². The number of carbonyl (C=O) groups is 3. The smallest absolute Gasteiger partial charge is 0.271 e. The average Bonchev–Trinajstić information content (AvgIpc) is 3.83. The second-order valence-corrected chi connectivity index (χ2v) is 12.0. The summed E-state index contributed by atoms with van der Waals surface area (Å²) in [5, 5.41) is 10.9. The van der Waals surface area contributed by atoms with Crippen LogP contribution in [0.4, 0.5) is 17.2 Å². The molecule has 0 saturated heterocycles. The van der Waals surface area contributed by atoms with Crippen molar-refractivity contribution in [2.45, 2.75) is 25.8 Å². The van der Waals surface area contributed by atoms with Crippen molar-refractivity contribution in [2.24, 2.45) is 5.92 Å². The quantitative estimate of drug-likeness (QED) is 0.238. The lowest BCUT2D eigenvalue weighted by atomic mass is 9.93. The summed E-state index contributed by atoms with van der Waals surface area (Å²) in [7, 11) is 5.00. The van der Waals surface area contributed by atoms with Crippen molar-refractivity contribution in [3.8, 4) is 16.9 Å². The van der Waals surface area contributed by atoms with Crippen molar-refractivity contribution < 1.29 is 19.1 Å². The van der Waals surface area contributed by atoms with Crippen LogP contribution in [0, 0.1) is 5.92 Å². The van der Waals surface area contributed by atoms with E-state index in [0.717, 1.165) is 29.5 Å². The number of aromatic nitrogens is 4. The number of imidazole rings is 1. The molecule has 3 aromatic heterocycles. The van der Waals surface area contributed by atoms with E-state index >= 15 is 0 Å². The number of amides is 3. The standard InChI is InChI=1S/C35H34N8O4/c1-41(2)35(46)28-9-4-6-24(37-28)20-42-16-14-23-18-22(12-13-26(23)34(42)45)25-7-5-8-27(31(25)47-3)38-29-19-30(39-33(44)21-10-11-21)40-43-17-15-36-32(29)43/h4-9,12-13,15,17-19,21,38H,10-11,14,16,20H2,1-3H3,(H,39,40,44). The van der Waals surface area contributed by atoms with Crippen molar-refractivity contribution in [1.82, 2.24) is 29.4 Å². The molecule has 5 aromatic rings. The molecule has 0 radical (unpaired) electrons. The number of hydrogen-bond acceptors (Lipinski definition) is 8. The van der Waals surface area contributed by atoms with E-state index < -0.39 is 0 Å². The Morgan fingerprint density at radius 3 is 2.64 bits per heavy atom. The van der Waals surface area contributed by atoms with Gasteiger partial charge in [0.15, 0.2) is 11.5 Å². The summed E-state index contributed by atoms with van der Waals surface area (Å²) in [5.41, 5.74) is 6.37. The molecule has 0 spiro atoms. The Balaban J connectivity index is 1.13. The first-order valence-corrected chi connectivity index (χ1v) is 15.5. The number of rotatable bonds is 9. The maximum atomic E-state index is 13.5. The maximum Gasteiger partial charge on any atom is 0.271 e. The van der Waals surface area contributed by atoms with Gasteiger partial charge in [0.1, 0.15) is 11.4 Å². The number of hydrogen-bond donors (Lipinski definition) is 2. The molecule has 1 aliphatic heterocycles. The van der Waals surface area contributed by atoms with Crippen LogP contribution in [-0.2, 0) is 17.8 Å². The molecule has 12 nitrogen and oxygen atoms in total. The molecule has 1 saturated carbocycles. The van der Waals surface area contributed by atoms with Gasteiger partial charge in [-0.25, -0.2) is 14.5 Å². The molecule has 2 aliphatic rings. The number of carbonyl (C=O) groups excluding carboxylic acids is 3. The van der Waals surface area contributed by atoms with Crippen molar-refractivity contribution in [3.63, 3.8) is 0 Å². The molecular weight excluding hydrogens is 596 g/mol. The third-order valence-corrected chi connectivity index (χ3v) is 8.42. The van der Waals surface area contributed by atoms with Crippen molar-refractivity contribution in [3.05, 3.63) is 95.6 Å². The summed E-state index contributed by atoms with van der Waals surface area (Å²) in [6.07, 6.45) is 5.86. The highest BCUT2D eigenvalue weighted by Gasteiger charge is 2.30. The van der Waals surface area contributed by atoms with Crippen LogP contribution >= 0.6 is 0 Å². The molecule has 238 valence electrons. The molecule has 12 heteroatoms. The summed E-state index contributed by atoms with van der Waals surface area (Å²) in [4.78, 5) is 50.6. The fourth-order valence-corrected chi connectivity index (χ4v) is 5.84. The Labute approximate surface area is 271 Å². The lowest BCUT2D eigenvalue weighted by Crippen LogP contribution is -2.37. The van der Waals surface area contributed by atoms with Crippen LogP contribution in [-0.4, -0.2) is 74.9 Å². The lowest BCUT2D eigenvalue weighted by molar-refractivity contribution is -0.117. The summed E-state index contributed by atoms with van der Waals surface area (Å²) in [6, 6.07) is 18.8. The Bertz CT molecular complexity index is 2030. The Morgan fingerprint density at radius 1 is 1.02 bits per heavy atom. The number of benzene rings is 2. The first-order valence-electron chi connectivity index (χ1n) is 15.5. The summed E-state index contributed by atoms with van der Waals surface area (Å²) >= 11 is 0. The van der Waals surface area contributed by atoms with Crippen LogP contribution in [0.1, 0.15) is 44.9 Å². The largest absolute Gasteiger partial charge is 0.494 e. The van der Waals surface area contributed by atoms with Gasteiger partial charge in [0.2, 0.25) is 5.91 Å². The molecule has 3 amide bonds. The van der Waals surface area contributed by atoms with E-state index in [4.69, 9.17) is 4.74 Å². The minimum Gasteiger partial charge on any atom is -0.494 e. The molecular formula is C35H34N8O4. The summed E-state index contributed by atoms with van der Waals surface area (Å²) < 4.78 is 7.56. The van der Waals surface area contributed by atoms with Crippen molar-refractivity contribution in [2.75, 3.05) is 38.4 Å². The highest BCUT2D eigenvalue weighted by molar-refractivity contribution is 5.98. The minimum atomic E-state index is -0.179. The number of methoxy groups -OCH3 is 1. The molecule has 1 aliphatic carbocycles. The third kappa shape index (κ3) is 5.97. The van der Waals surface area contributed by atoms with E-state index in [1.54, 1.807) is 61.2 Å². The Hall–Kier alpha value is -5.78. The molecule has 1 fully saturated rings. The van der Waals surface area contributed by atoms with E-state index in [1.807, 2.05) is 42.5 Å². The molecule has 47 heavy (non-hydrogen) atoms. The highest BCUT2D eigenvalue weighted by atomic mass is 16.5. The number of pyridine rings is 1. The summed E-state index contributed by atoms with van der Waals surface area (Å²) in [5.74, 6) is 0.828. The van der Waals surface area contributed by atoms with Gasteiger partial charge in [0, 0.05) is 56.1 Å². The Kier molecular flexibility index (Phi) is 7.76. The Morgan fingerprint density at radius 2 is 1.85 bits per heavy atom. The van der Waals surface area contributed by atoms with Crippen molar-refractivity contribution in [1.29, 1.82) is 0 Å². The first-order chi connectivity index (χ1) is 22.8. The van der Waals surface area contributed by atoms with Gasteiger partial charge in [-0.1, -0.05) is 30.3 Å². The molecule has 0 atom stereocenters. The predicted octanol–water partition coefficient (Wildman–Crippen LogP) is 4.79. The average molecular weight is 631 g/mol. The number of fused-ring (bicyclic) bond motifs is 2. The molecule has 2 N–H and O–H groups in total. The van der Waals surface area contributed by atoms with Crippen LogP contribution < -0.4 is 15.4 Å². The number of anilines is 3. The second-order valence-electron chi connectivity index (χ2n) is 12.0. The minimum absolute atomic E-state index is 0.0288. The predicted molar refractivity (Wildman–Crippen MR) is 177 cm³/mol. The fraction of sp³-hybridized carbons (Fsp3) is 0.257. The van der Waals surface area contributed by atoms with E-state index in [1.165, 1.54) is 4.90 Å². The van der Waals surface area contributed by atoms with Gasteiger partial charge in [-0.3, -0.25) is 14.4 Å². The molecule has 0 unspecified atom stereocenters. The van der Waals surface area contributed by atoms with Gasteiger partial charge in [0.05, 0.1) is 30.7 Å². The van der Waals surface area contributed by atoms with E-state index in [-0.39, 0.29) is 23.6 Å². The van der Waals surface area contributed by atoms with Gasteiger partial charge in [0.25, 0.3) is 11.8 Å². The second kappa shape index (κ2) is 12.2. The van der Waals surface area contributed by atoms with Crippen LogP contribution in [0.15, 0.2) is 73.1 Å². The first kappa shape index (κ1) is 29.9. The zero-order chi connectivity index (χ0) is 32.7. The zero-order valence-corrected chi connectivity index (χ0v) is 26.4. The molecule has 2 aromatic carbocycles. The highest BCUT2D eigenvalue weighted by Crippen LogP contribution is 2.40. The number of nitrogens with zero attached hydrogens (tertiary/aromatic N) is 6. The topological polar surface area (TPSA) is 134 Å². The van der Waals surface area contributed by atoms with Crippen LogP contribution in [0.5, 0.6) is 5.75 Å². The van der Waals surface area contributed by atoms with Gasteiger partial charge < -0.3 is 25.2 Å². The fourth-order valence-electron chi connectivity index (χ4n) is 5.84. The number of nitrogens with one attached hydrogen (secondary N) is 2. The summed E-state index contributed by atoms with van der Waals surface area (Å²) in [6.45, 7) is 0.852. The monoisotopic (exact) mass is 630 g/mol. The van der Waals surface area contributed by atoms with Crippen LogP contribution in [0.3, 0.4) is 0 Å². The zero-order valence-electron chi connectivity index (χ0n) is 26.4. The third-order valence-electron chi connectivity index (χ3n) is 8.42. The van der Waals surface area contributed by atoms with Crippen LogP contribution in [0.2, 0.25) is 0 Å². The molecule has 0 bridgehead atoms.